The van der Waals surface area contributed by atoms with Gasteiger partial charge in [-0.15, -0.1) is 0 Å². The Kier molecular flexibility index (Phi) is 7.15. The van der Waals surface area contributed by atoms with Crippen molar-refractivity contribution in [2.24, 2.45) is 0 Å². The van der Waals surface area contributed by atoms with Crippen LogP contribution in [0.3, 0.4) is 0 Å². The molecule has 1 heterocycles. The van der Waals surface area contributed by atoms with Gasteiger partial charge in [-0.25, -0.2) is 0 Å². The standard InChI is InChI=1S/C14H23N3O4/c1-11-8-16(9-12(2)21-11)10-13(7-15)14(20)17(3-5-18)4-6-19/h10-12,18-19H,3-6,8-9H2,1-2H3/b13-10-. The van der Waals surface area contributed by atoms with Crippen molar-refractivity contribution in [3.8, 4) is 6.07 Å². The largest absolute Gasteiger partial charge is 0.395 e. The predicted molar refractivity (Wildman–Crippen MR) is 76.0 cm³/mol. The molecule has 118 valence electrons. The molecule has 0 aromatic carbocycles. The molecule has 0 radical (unpaired) electrons. The van der Waals surface area contributed by atoms with Crippen LogP contribution in [0.2, 0.25) is 0 Å². The fourth-order valence-corrected chi connectivity index (χ4v) is 2.36. The number of hydrogen-bond donors (Lipinski definition) is 2. The van der Waals surface area contributed by atoms with Crippen molar-refractivity contribution in [1.29, 1.82) is 5.26 Å². The maximum atomic E-state index is 12.2. The first-order valence-corrected chi connectivity index (χ1v) is 7.04. The second-order valence-corrected chi connectivity index (χ2v) is 5.11. The molecule has 2 unspecified atom stereocenters. The van der Waals surface area contributed by atoms with Gasteiger partial charge in [-0.1, -0.05) is 0 Å². The summed E-state index contributed by atoms with van der Waals surface area (Å²) in [4.78, 5) is 15.4. The highest BCUT2D eigenvalue weighted by Gasteiger charge is 2.23. The van der Waals surface area contributed by atoms with E-state index in [1.165, 1.54) is 4.90 Å². The molecule has 1 amide bonds. The zero-order valence-corrected chi connectivity index (χ0v) is 12.5. The van der Waals surface area contributed by atoms with Gasteiger partial charge in [0.2, 0.25) is 0 Å². The second kappa shape index (κ2) is 8.62. The first kappa shape index (κ1) is 17.4. The number of nitriles is 1. The van der Waals surface area contributed by atoms with Crippen LogP contribution in [0.1, 0.15) is 13.8 Å². The lowest BCUT2D eigenvalue weighted by Crippen LogP contribution is -2.43. The van der Waals surface area contributed by atoms with Gasteiger partial charge in [0.15, 0.2) is 0 Å². The van der Waals surface area contributed by atoms with Crippen molar-refractivity contribution in [3.05, 3.63) is 11.8 Å². The molecular weight excluding hydrogens is 274 g/mol. The average molecular weight is 297 g/mol. The van der Waals surface area contributed by atoms with E-state index in [1.807, 2.05) is 24.8 Å². The van der Waals surface area contributed by atoms with Gasteiger partial charge in [0, 0.05) is 32.4 Å². The monoisotopic (exact) mass is 297 g/mol. The summed E-state index contributed by atoms with van der Waals surface area (Å²) < 4.78 is 5.60. The second-order valence-electron chi connectivity index (χ2n) is 5.11. The molecule has 0 aliphatic carbocycles. The Balaban J connectivity index is 2.82. The van der Waals surface area contributed by atoms with Crippen LogP contribution in [0.25, 0.3) is 0 Å². The number of hydrogen-bond acceptors (Lipinski definition) is 6. The van der Waals surface area contributed by atoms with Crippen LogP contribution in [0, 0.1) is 11.3 Å². The number of carbonyl (C=O) groups is 1. The Bertz CT molecular complexity index is 403. The van der Waals surface area contributed by atoms with Crippen molar-refractivity contribution in [2.45, 2.75) is 26.1 Å². The van der Waals surface area contributed by atoms with Gasteiger partial charge in [-0.05, 0) is 13.8 Å². The number of rotatable bonds is 6. The topological polar surface area (TPSA) is 97.0 Å². The Morgan fingerprint density at radius 3 is 2.29 bits per heavy atom. The summed E-state index contributed by atoms with van der Waals surface area (Å²) in [7, 11) is 0. The molecule has 2 N–H and O–H groups in total. The van der Waals surface area contributed by atoms with E-state index >= 15 is 0 Å². The van der Waals surface area contributed by atoms with Crippen LogP contribution in [-0.4, -0.2) is 77.5 Å². The quantitative estimate of drug-likeness (QED) is 0.498. The van der Waals surface area contributed by atoms with E-state index in [9.17, 15) is 10.1 Å². The molecule has 1 rings (SSSR count). The van der Waals surface area contributed by atoms with E-state index in [-0.39, 0.29) is 44.1 Å². The summed E-state index contributed by atoms with van der Waals surface area (Å²) in [6.07, 6.45) is 1.61. The summed E-state index contributed by atoms with van der Waals surface area (Å²) in [5, 5.41) is 27.1. The van der Waals surface area contributed by atoms with Crippen LogP contribution in [-0.2, 0) is 9.53 Å². The fraction of sp³-hybridized carbons (Fsp3) is 0.714. The van der Waals surface area contributed by atoms with E-state index in [0.717, 1.165) is 0 Å². The number of aliphatic hydroxyl groups excluding tert-OH is 2. The zero-order chi connectivity index (χ0) is 15.8. The lowest BCUT2D eigenvalue weighted by molar-refractivity contribution is -0.127. The molecule has 0 aromatic rings. The third-order valence-electron chi connectivity index (χ3n) is 3.14. The molecule has 1 saturated heterocycles. The molecule has 2 atom stereocenters. The summed E-state index contributed by atoms with van der Waals surface area (Å²) in [6.45, 7) is 4.86. The minimum Gasteiger partial charge on any atom is -0.395 e. The van der Waals surface area contributed by atoms with Crippen molar-refractivity contribution in [1.82, 2.24) is 9.80 Å². The number of nitrogens with zero attached hydrogens (tertiary/aromatic N) is 3. The summed E-state index contributed by atoms with van der Waals surface area (Å²) in [5.41, 5.74) is -0.00167. The van der Waals surface area contributed by atoms with Gasteiger partial charge in [-0.3, -0.25) is 4.79 Å². The third kappa shape index (κ3) is 5.34. The van der Waals surface area contributed by atoms with Gasteiger partial charge in [0.05, 0.1) is 25.4 Å². The van der Waals surface area contributed by atoms with E-state index in [0.29, 0.717) is 13.1 Å². The Labute approximate surface area is 125 Å². The lowest BCUT2D eigenvalue weighted by Gasteiger charge is -2.34. The van der Waals surface area contributed by atoms with Crippen molar-refractivity contribution in [2.75, 3.05) is 39.4 Å². The molecule has 1 fully saturated rings. The summed E-state index contributed by atoms with van der Waals surface area (Å²) >= 11 is 0. The number of carbonyl (C=O) groups excluding carboxylic acids is 1. The maximum Gasteiger partial charge on any atom is 0.266 e. The first-order valence-electron chi connectivity index (χ1n) is 7.04. The third-order valence-corrected chi connectivity index (χ3v) is 3.14. The van der Waals surface area contributed by atoms with Crippen LogP contribution in [0.5, 0.6) is 0 Å². The normalized spacial score (nSPS) is 22.8. The lowest BCUT2D eigenvalue weighted by atomic mass is 10.2. The first-order chi connectivity index (χ1) is 10.0. The van der Waals surface area contributed by atoms with Crippen molar-refractivity contribution >= 4 is 5.91 Å². The van der Waals surface area contributed by atoms with Crippen LogP contribution in [0.15, 0.2) is 11.8 Å². The smallest absolute Gasteiger partial charge is 0.266 e. The van der Waals surface area contributed by atoms with Gasteiger partial charge >= 0.3 is 0 Å². The fourth-order valence-electron chi connectivity index (χ4n) is 2.36. The summed E-state index contributed by atoms with van der Waals surface area (Å²) in [5.74, 6) is -0.479. The highest BCUT2D eigenvalue weighted by molar-refractivity contribution is 5.97. The van der Waals surface area contributed by atoms with Gasteiger partial charge in [0.1, 0.15) is 11.6 Å². The number of ether oxygens (including phenoxy) is 1. The molecule has 0 bridgehead atoms. The molecule has 7 nitrogen and oxygen atoms in total. The van der Waals surface area contributed by atoms with Gasteiger partial charge in [-0.2, -0.15) is 5.26 Å². The van der Waals surface area contributed by atoms with E-state index in [4.69, 9.17) is 14.9 Å². The Morgan fingerprint density at radius 2 is 1.86 bits per heavy atom. The molecular formula is C14H23N3O4. The number of morpholine rings is 1. The number of aliphatic hydroxyl groups is 2. The van der Waals surface area contributed by atoms with E-state index in [2.05, 4.69) is 0 Å². The Hall–Kier alpha value is -1.62. The van der Waals surface area contributed by atoms with Crippen LogP contribution < -0.4 is 0 Å². The maximum absolute atomic E-state index is 12.2. The Morgan fingerprint density at radius 1 is 1.33 bits per heavy atom. The molecule has 1 aliphatic heterocycles. The highest BCUT2D eigenvalue weighted by atomic mass is 16.5. The molecule has 0 aromatic heterocycles. The SMILES string of the molecule is CC1CN(/C=C(/C#N)C(=O)N(CCO)CCO)CC(C)O1. The van der Waals surface area contributed by atoms with E-state index in [1.54, 1.807) is 6.20 Å². The van der Waals surface area contributed by atoms with Crippen molar-refractivity contribution in [3.63, 3.8) is 0 Å². The highest BCUT2D eigenvalue weighted by Crippen LogP contribution is 2.13. The zero-order valence-electron chi connectivity index (χ0n) is 12.5. The van der Waals surface area contributed by atoms with Gasteiger partial charge < -0.3 is 24.7 Å². The minimum atomic E-state index is -0.479. The minimum absolute atomic E-state index is 0.00167. The van der Waals surface area contributed by atoms with Crippen LogP contribution in [0.4, 0.5) is 0 Å². The molecule has 7 heteroatoms. The molecule has 1 aliphatic rings. The number of amides is 1. The molecule has 21 heavy (non-hydrogen) atoms. The molecule has 0 spiro atoms. The van der Waals surface area contributed by atoms with Gasteiger partial charge in [0.25, 0.3) is 5.91 Å². The van der Waals surface area contributed by atoms with Crippen LogP contribution >= 0.6 is 0 Å². The average Bonchev–Trinajstić information content (AvgIpc) is 2.42. The summed E-state index contributed by atoms with van der Waals surface area (Å²) in [6, 6.07) is 1.90. The molecule has 0 saturated carbocycles. The van der Waals surface area contributed by atoms with E-state index < -0.39 is 5.91 Å². The predicted octanol–water partition coefficient (Wildman–Crippen LogP) is -0.684. The van der Waals surface area contributed by atoms with Crippen molar-refractivity contribution < 1.29 is 19.7 Å².